The molecule has 0 bridgehead atoms. The van der Waals surface area contributed by atoms with E-state index >= 15 is 0 Å². The molecular weight excluding hydrogens is 351 g/mol. The predicted octanol–water partition coefficient (Wildman–Crippen LogP) is 3.73. The van der Waals surface area contributed by atoms with Crippen LogP contribution in [0.3, 0.4) is 0 Å². The number of hydrogen-bond acceptors (Lipinski definition) is 6. The third-order valence-corrected chi connectivity index (χ3v) is 6.60. The Morgan fingerprint density at radius 1 is 1.12 bits per heavy atom. The number of allylic oxidation sites excluding steroid dienone is 1. The maximum atomic E-state index is 13.3. The summed E-state index contributed by atoms with van der Waals surface area (Å²) >= 11 is 0. The SMILES string of the molecule is COP(=O)(OC)C1=C2C=CC(N(C)C)C=C2Oc2cc(N(C)C)ccc21. The fraction of sp³-hybridized carbons (Fsp3) is 0.368. The number of fused-ring (bicyclic) bond motifs is 2. The van der Waals surface area contributed by atoms with Crippen molar-refractivity contribution >= 4 is 18.6 Å². The summed E-state index contributed by atoms with van der Waals surface area (Å²) in [6.07, 6.45) is 5.98. The molecule has 1 aromatic carbocycles. The summed E-state index contributed by atoms with van der Waals surface area (Å²) in [5.74, 6) is 1.31. The molecule has 0 spiro atoms. The standard InChI is InChI=1S/C19H25N2O4P/c1-20(2)13-7-9-15-17(11-13)25-18-12-14(21(3)4)8-10-16(18)19(15)26(22,23-5)24-6/h7-13H,1-6H3. The van der Waals surface area contributed by atoms with E-state index in [1.165, 1.54) is 14.2 Å². The second-order valence-corrected chi connectivity index (χ2v) is 8.82. The number of rotatable bonds is 5. The molecule has 1 aliphatic carbocycles. The maximum absolute atomic E-state index is 13.3. The zero-order valence-corrected chi connectivity index (χ0v) is 16.9. The van der Waals surface area contributed by atoms with Crippen LogP contribution in [0.25, 0.3) is 5.31 Å². The van der Waals surface area contributed by atoms with Crippen molar-refractivity contribution in [3.8, 4) is 5.75 Å². The van der Waals surface area contributed by atoms with Gasteiger partial charge in [0, 0.05) is 57.2 Å². The molecule has 2 aliphatic rings. The van der Waals surface area contributed by atoms with Crippen LogP contribution in [0.2, 0.25) is 0 Å². The van der Waals surface area contributed by atoms with Crippen LogP contribution >= 0.6 is 7.60 Å². The number of anilines is 1. The van der Waals surface area contributed by atoms with Crippen molar-refractivity contribution in [3.05, 3.63) is 53.3 Å². The predicted molar refractivity (Wildman–Crippen MR) is 105 cm³/mol. The molecule has 140 valence electrons. The third-order valence-electron chi connectivity index (χ3n) is 4.61. The van der Waals surface area contributed by atoms with Crippen molar-refractivity contribution in [3.63, 3.8) is 0 Å². The molecule has 3 rings (SSSR count). The van der Waals surface area contributed by atoms with E-state index < -0.39 is 7.60 Å². The first-order valence-corrected chi connectivity index (χ1v) is 9.87. The highest BCUT2D eigenvalue weighted by atomic mass is 31.2. The Bertz CT molecular complexity index is 847. The zero-order chi connectivity index (χ0) is 19.1. The number of likely N-dealkylation sites (N-methyl/N-ethyl adjacent to an activating group) is 1. The largest absolute Gasteiger partial charge is 0.456 e. The summed E-state index contributed by atoms with van der Waals surface area (Å²) in [5, 5.41) is 0.536. The van der Waals surface area contributed by atoms with Gasteiger partial charge in [0.05, 0.1) is 5.31 Å². The van der Waals surface area contributed by atoms with Crippen molar-refractivity contribution in [2.45, 2.75) is 6.04 Å². The van der Waals surface area contributed by atoms with E-state index in [1.807, 2.05) is 69.5 Å². The van der Waals surface area contributed by atoms with E-state index in [0.29, 0.717) is 16.8 Å². The summed E-state index contributed by atoms with van der Waals surface area (Å²) in [5.41, 5.74) is 2.45. The lowest BCUT2D eigenvalue weighted by atomic mass is 9.98. The minimum Gasteiger partial charge on any atom is -0.456 e. The first kappa shape index (κ1) is 18.9. The number of ether oxygens (including phenoxy) is 1. The van der Waals surface area contributed by atoms with Gasteiger partial charge in [0.15, 0.2) is 0 Å². The van der Waals surface area contributed by atoms with E-state index in [4.69, 9.17) is 13.8 Å². The molecule has 26 heavy (non-hydrogen) atoms. The van der Waals surface area contributed by atoms with Crippen LogP contribution in [-0.4, -0.2) is 53.4 Å². The van der Waals surface area contributed by atoms with Gasteiger partial charge in [-0.05, 0) is 32.3 Å². The molecule has 1 unspecified atom stereocenters. The molecule has 7 heteroatoms. The minimum atomic E-state index is -3.48. The number of nitrogens with zero attached hydrogens (tertiary/aromatic N) is 2. The van der Waals surface area contributed by atoms with Gasteiger partial charge in [-0.15, -0.1) is 0 Å². The van der Waals surface area contributed by atoms with Crippen LogP contribution in [0.15, 0.2) is 47.8 Å². The second-order valence-electron chi connectivity index (χ2n) is 6.65. The van der Waals surface area contributed by atoms with Gasteiger partial charge < -0.3 is 18.7 Å². The monoisotopic (exact) mass is 376 g/mol. The van der Waals surface area contributed by atoms with Gasteiger partial charge in [-0.1, -0.05) is 12.2 Å². The Morgan fingerprint density at radius 2 is 1.81 bits per heavy atom. The van der Waals surface area contributed by atoms with Crippen LogP contribution in [0.4, 0.5) is 5.69 Å². The van der Waals surface area contributed by atoms with E-state index in [2.05, 4.69) is 4.90 Å². The Morgan fingerprint density at radius 3 is 2.38 bits per heavy atom. The highest BCUT2D eigenvalue weighted by Crippen LogP contribution is 2.64. The lowest BCUT2D eigenvalue weighted by molar-refractivity contribution is 0.287. The zero-order valence-electron chi connectivity index (χ0n) is 16.0. The quantitative estimate of drug-likeness (QED) is 0.730. The fourth-order valence-electron chi connectivity index (χ4n) is 3.07. The maximum Gasteiger partial charge on any atom is 0.362 e. The van der Waals surface area contributed by atoms with Gasteiger partial charge in [0.1, 0.15) is 11.5 Å². The second kappa shape index (κ2) is 7.05. The smallest absolute Gasteiger partial charge is 0.362 e. The Hall–Kier alpha value is -1.85. The van der Waals surface area contributed by atoms with Crippen LogP contribution in [0, 0.1) is 0 Å². The summed E-state index contributed by atoms with van der Waals surface area (Å²) in [6.45, 7) is 0. The number of hydrogen-bond donors (Lipinski definition) is 0. The Balaban J connectivity index is 2.25. The summed E-state index contributed by atoms with van der Waals surface area (Å²) in [4.78, 5) is 4.06. The molecule has 0 aromatic heterocycles. The number of benzene rings is 1. The van der Waals surface area contributed by atoms with Crippen molar-refractivity contribution in [2.24, 2.45) is 0 Å². The molecule has 1 heterocycles. The molecular formula is C19H25N2O4P. The molecule has 1 atom stereocenters. The molecule has 0 saturated carbocycles. The van der Waals surface area contributed by atoms with Crippen molar-refractivity contribution in [1.29, 1.82) is 0 Å². The van der Waals surface area contributed by atoms with Gasteiger partial charge in [-0.3, -0.25) is 9.46 Å². The molecule has 0 radical (unpaired) electrons. The van der Waals surface area contributed by atoms with Gasteiger partial charge in [-0.25, -0.2) is 0 Å². The van der Waals surface area contributed by atoms with E-state index in [-0.39, 0.29) is 6.04 Å². The summed E-state index contributed by atoms with van der Waals surface area (Å²) in [7, 11) is 7.25. The van der Waals surface area contributed by atoms with Crippen LogP contribution in [0.1, 0.15) is 5.56 Å². The molecule has 1 aliphatic heterocycles. The van der Waals surface area contributed by atoms with Gasteiger partial charge in [0.2, 0.25) is 0 Å². The van der Waals surface area contributed by atoms with Crippen LogP contribution < -0.4 is 9.64 Å². The molecule has 0 saturated heterocycles. The lowest BCUT2D eigenvalue weighted by Gasteiger charge is -2.31. The molecule has 1 aromatic rings. The van der Waals surface area contributed by atoms with Gasteiger partial charge in [0.25, 0.3) is 0 Å². The van der Waals surface area contributed by atoms with E-state index in [9.17, 15) is 4.57 Å². The van der Waals surface area contributed by atoms with Crippen molar-refractivity contribution < 1.29 is 18.3 Å². The topological polar surface area (TPSA) is 51.2 Å². The third kappa shape index (κ3) is 3.14. The highest BCUT2D eigenvalue weighted by Gasteiger charge is 2.38. The fourth-order valence-corrected chi connectivity index (χ4v) is 4.54. The molecule has 0 fully saturated rings. The Kier molecular flexibility index (Phi) is 5.13. The Labute approximate surface area is 154 Å². The average Bonchev–Trinajstić information content (AvgIpc) is 2.64. The highest BCUT2D eigenvalue weighted by molar-refractivity contribution is 7.65. The summed E-state index contributed by atoms with van der Waals surface area (Å²) < 4.78 is 30.2. The normalized spacial score (nSPS) is 19.0. The lowest BCUT2D eigenvalue weighted by Crippen LogP contribution is -2.27. The van der Waals surface area contributed by atoms with Crippen LogP contribution in [0.5, 0.6) is 5.75 Å². The minimum absolute atomic E-state index is 0.0954. The van der Waals surface area contributed by atoms with Gasteiger partial charge in [-0.2, -0.15) is 0 Å². The van der Waals surface area contributed by atoms with Crippen molar-refractivity contribution in [2.75, 3.05) is 47.3 Å². The molecule has 0 amide bonds. The average molecular weight is 376 g/mol. The van der Waals surface area contributed by atoms with Crippen molar-refractivity contribution in [1.82, 2.24) is 4.90 Å². The summed E-state index contributed by atoms with van der Waals surface area (Å²) in [6, 6.07) is 5.90. The van der Waals surface area contributed by atoms with E-state index in [1.54, 1.807) is 0 Å². The van der Waals surface area contributed by atoms with Gasteiger partial charge >= 0.3 is 7.60 Å². The first-order chi connectivity index (χ1) is 12.3. The first-order valence-electron chi connectivity index (χ1n) is 8.33. The van der Waals surface area contributed by atoms with Crippen LogP contribution in [-0.2, 0) is 13.6 Å². The molecule has 6 nitrogen and oxygen atoms in total. The van der Waals surface area contributed by atoms with E-state index in [0.717, 1.165) is 16.8 Å². The molecule has 0 N–H and O–H groups in total.